The molecule has 0 bridgehead atoms. The highest BCUT2D eigenvalue weighted by Crippen LogP contribution is 2.29. The molecule has 2 atom stereocenters. The summed E-state index contributed by atoms with van der Waals surface area (Å²) in [5, 5.41) is 12.5. The van der Waals surface area contributed by atoms with Gasteiger partial charge in [-0.2, -0.15) is 5.26 Å². The molecule has 1 aromatic rings. The lowest BCUT2D eigenvalue weighted by atomic mass is 9.95. The van der Waals surface area contributed by atoms with Crippen molar-refractivity contribution in [3.63, 3.8) is 0 Å². The minimum absolute atomic E-state index is 0.351. The van der Waals surface area contributed by atoms with Gasteiger partial charge in [-0.15, -0.1) is 0 Å². The third-order valence-electron chi connectivity index (χ3n) is 4.25. The van der Waals surface area contributed by atoms with Gasteiger partial charge in [0.05, 0.1) is 11.3 Å². The summed E-state index contributed by atoms with van der Waals surface area (Å²) < 4.78 is 13.1. The van der Waals surface area contributed by atoms with E-state index >= 15 is 0 Å². The summed E-state index contributed by atoms with van der Waals surface area (Å²) >= 11 is 0. The van der Waals surface area contributed by atoms with E-state index in [4.69, 9.17) is 5.26 Å². The average molecular weight is 274 g/mol. The maximum atomic E-state index is 13.1. The van der Waals surface area contributed by atoms with E-state index in [-0.39, 0.29) is 5.82 Å². The molecule has 0 radical (unpaired) electrons. The zero-order chi connectivity index (χ0) is 14.4. The van der Waals surface area contributed by atoms with E-state index in [0.29, 0.717) is 11.6 Å². The fraction of sp³-hybridized carbons (Fsp3) is 0.588. The SMILES string of the molecule is CCCC1CCCC(Nc2ccc(F)cc2C#N)CC1. The molecule has 0 spiro atoms. The number of nitrogens with one attached hydrogen (secondary N) is 1. The first-order chi connectivity index (χ1) is 9.72. The summed E-state index contributed by atoms with van der Waals surface area (Å²) in [5.74, 6) is 0.506. The number of rotatable bonds is 4. The molecular formula is C17H23FN2. The molecule has 1 N–H and O–H groups in total. The van der Waals surface area contributed by atoms with Gasteiger partial charge in [0.25, 0.3) is 0 Å². The van der Waals surface area contributed by atoms with Crippen LogP contribution in [0, 0.1) is 23.1 Å². The van der Waals surface area contributed by atoms with Crippen molar-refractivity contribution in [2.24, 2.45) is 5.92 Å². The first-order valence-electron chi connectivity index (χ1n) is 7.69. The molecule has 1 aromatic carbocycles. The van der Waals surface area contributed by atoms with Crippen molar-refractivity contribution in [3.8, 4) is 6.07 Å². The number of hydrogen-bond donors (Lipinski definition) is 1. The molecule has 2 unspecified atom stereocenters. The molecule has 0 amide bonds. The topological polar surface area (TPSA) is 35.8 Å². The number of nitrogens with zero attached hydrogens (tertiary/aromatic N) is 1. The van der Waals surface area contributed by atoms with Crippen molar-refractivity contribution in [2.45, 2.75) is 57.9 Å². The van der Waals surface area contributed by atoms with Crippen LogP contribution in [-0.2, 0) is 0 Å². The van der Waals surface area contributed by atoms with Gasteiger partial charge in [0, 0.05) is 6.04 Å². The molecule has 3 heteroatoms. The molecule has 2 rings (SSSR count). The first kappa shape index (κ1) is 14.8. The summed E-state index contributed by atoms with van der Waals surface area (Å²) in [6.45, 7) is 2.25. The van der Waals surface area contributed by atoms with Gasteiger partial charge in [-0.25, -0.2) is 4.39 Å². The smallest absolute Gasteiger partial charge is 0.124 e. The van der Waals surface area contributed by atoms with Crippen LogP contribution in [0.3, 0.4) is 0 Å². The van der Waals surface area contributed by atoms with Crippen LogP contribution in [-0.4, -0.2) is 6.04 Å². The molecule has 0 aliphatic heterocycles. The van der Waals surface area contributed by atoms with Gasteiger partial charge in [-0.1, -0.05) is 32.6 Å². The molecule has 0 aromatic heterocycles. The lowest BCUT2D eigenvalue weighted by Crippen LogP contribution is -2.19. The third-order valence-corrected chi connectivity index (χ3v) is 4.25. The molecule has 0 saturated heterocycles. The van der Waals surface area contributed by atoms with E-state index in [9.17, 15) is 4.39 Å². The molecule has 1 saturated carbocycles. The van der Waals surface area contributed by atoms with Gasteiger partial charge in [-0.3, -0.25) is 0 Å². The highest BCUT2D eigenvalue weighted by Gasteiger charge is 2.19. The summed E-state index contributed by atoms with van der Waals surface area (Å²) in [5.41, 5.74) is 1.17. The minimum atomic E-state index is -0.351. The summed E-state index contributed by atoms with van der Waals surface area (Å²) in [6.07, 6.45) is 8.70. The van der Waals surface area contributed by atoms with Gasteiger partial charge in [0.1, 0.15) is 11.9 Å². The van der Waals surface area contributed by atoms with E-state index in [1.807, 2.05) is 0 Å². The van der Waals surface area contributed by atoms with Gasteiger partial charge in [0.2, 0.25) is 0 Å². The lowest BCUT2D eigenvalue weighted by molar-refractivity contribution is 0.422. The van der Waals surface area contributed by atoms with Crippen LogP contribution in [0.5, 0.6) is 0 Å². The fourth-order valence-corrected chi connectivity index (χ4v) is 3.17. The van der Waals surface area contributed by atoms with Gasteiger partial charge in [-0.05, 0) is 43.4 Å². The summed E-state index contributed by atoms with van der Waals surface area (Å²) in [4.78, 5) is 0. The monoisotopic (exact) mass is 274 g/mol. The van der Waals surface area contributed by atoms with Crippen molar-refractivity contribution in [2.75, 3.05) is 5.32 Å². The Morgan fingerprint density at radius 3 is 2.90 bits per heavy atom. The Kier molecular flexibility index (Phi) is 5.40. The van der Waals surface area contributed by atoms with Gasteiger partial charge in [0.15, 0.2) is 0 Å². The lowest BCUT2D eigenvalue weighted by Gasteiger charge is -2.19. The van der Waals surface area contributed by atoms with E-state index in [2.05, 4.69) is 18.3 Å². The predicted octanol–water partition coefficient (Wildman–Crippen LogP) is 4.86. The van der Waals surface area contributed by atoms with E-state index < -0.39 is 0 Å². The highest BCUT2D eigenvalue weighted by molar-refractivity contribution is 5.57. The Bertz CT molecular complexity index is 478. The van der Waals surface area contributed by atoms with Crippen LogP contribution in [0.15, 0.2) is 18.2 Å². The second-order valence-electron chi connectivity index (χ2n) is 5.81. The number of nitriles is 1. The molecule has 2 nitrogen and oxygen atoms in total. The number of anilines is 1. The van der Waals surface area contributed by atoms with Gasteiger partial charge >= 0.3 is 0 Å². The number of halogens is 1. The maximum Gasteiger partial charge on any atom is 0.124 e. The maximum absolute atomic E-state index is 13.1. The highest BCUT2D eigenvalue weighted by atomic mass is 19.1. The van der Waals surface area contributed by atoms with Crippen LogP contribution in [0.25, 0.3) is 0 Å². The van der Waals surface area contributed by atoms with Gasteiger partial charge < -0.3 is 5.32 Å². The van der Waals surface area contributed by atoms with Crippen LogP contribution in [0.2, 0.25) is 0 Å². The predicted molar refractivity (Wildman–Crippen MR) is 80.0 cm³/mol. The second kappa shape index (κ2) is 7.28. The fourth-order valence-electron chi connectivity index (χ4n) is 3.17. The zero-order valence-corrected chi connectivity index (χ0v) is 12.2. The molecule has 0 heterocycles. The Balaban J connectivity index is 1.98. The van der Waals surface area contributed by atoms with Crippen molar-refractivity contribution >= 4 is 5.69 Å². The van der Waals surface area contributed by atoms with E-state index in [1.54, 1.807) is 6.07 Å². The normalized spacial score (nSPS) is 22.9. The van der Waals surface area contributed by atoms with Crippen molar-refractivity contribution < 1.29 is 4.39 Å². The second-order valence-corrected chi connectivity index (χ2v) is 5.81. The quantitative estimate of drug-likeness (QED) is 0.796. The van der Waals surface area contributed by atoms with E-state index in [0.717, 1.165) is 24.4 Å². The molecule has 1 fully saturated rings. The number of hydrogen-bond acceptors (Lipinski definition) is 2. The largest absolute Gasteiger partial charge is 0.381 e. The van der Waals surface area contributed by atoms with Crippen LogP contribution >= 0.6 is 0 Å². The molecule has 108 valence electrons. The Labute approximate surface area is 121 Å². The Morgan fingerprint density at radius 2 is 2.15 bits per heavy atom. The van der Waals surface area contributed by atoms with Crippen molar-refractivity contribution in [1.29, 1.82) is 5.26 Å². The van der Waals surface area contributed by atoms with E-state index in [1.165, 1.54) is 44.2 Å². The Morgan fingerprint density at radius 1 is 1.30 bits per heavy atom. The standard InChI is InChI=1S/C17H23FN2/c1-2-4-13-5-3-6-16(9-7-13)20-17-10-8-15(18)11-14(17)12-19/h8,10-11,13,16,20H,2-7,9H2,1H3. The van der Waals surface area contributed by atoms with Crippen LogP contribution in [0.1, 0.15) is 57.4 Å². The number of benzene rings is 1. The van der Waals surface area contributed by atoms with Crippen molar-refractivity contribution in [1.82, 2.24) is 0 Å². The summed E-state index contributed by atoms with van der Waals surface area (Å²) in [6, 6.07) is 6.88. The first-order valence-corrected chi connectivity index (χ1v) is 7.69. The molecule has 20 heavy (non-hydrogen) atoms. The third kappa shape index (κ3) is 3.96. The summed E-state index contributed by atoms with van der Waals surface area (Å²) in [7, 11) is 0. The van der Waals surface area contributed by atoms with Crippen molar-refractivity contribution in [3.05, 3.63) is 29.6 Å². The molecular weight excluding hydrogens is 251 g/mol. The molecule has 1 aliphatic rings. The average Bonchev–Trinajstić information content (AvgIpc) is 2.67. The Hall–Kier alpha value is -1.56. The zero-order valence-electron chi connectivity index (χ0n) is 12.2. The van der Waals surface area contributed by atoms with Crippen LogP contribution in [0.4, 0.5) is 10.1 Å². The van der Waals surface area contributed by atoms with Crippen LogP contribution < -0.4 is 5.32 Å². The molecule has 1 aliphatic carbocycles. The minimum Gasteiger partial charge on any atom is -0.381 e.